The van der Waals surface area contributed by atoms with Crippen LogP contribution in [0.2, 0.25) is 0 Å². The molecule has 110 valence electrons. The highest BCUT2D eigenvalue weighted by molar-refractivity contribution is 6.69. The molecule has 0 aliphatic rings. The molecule has 5 nitrogen and oxygen atoms in total. The van der Waals surface area contributed by atoms with E-state index in [1.165, 1.54) is 0 Å². The number of carbonyl (C=O) groups excluding carboxylic acids is 2. The van der Waals surface area contributed by atoms with Crippen LogP contribution in [0.5, 0.6) is 0 Å². The summed E-state index contributed by atoms with van der Waals surface area (Å²) in [5.41, 5.74) is 4.43. The van der Waals surface area contributed by atoms with Gasteiger partial charge in [0, 0.05) is 0 Å². The number of esters is 2. The molecule has 0 saturated heterocycles. The van der Waals surface area contributed by atoms with Crippen molar-refractivity contribution in [2.45, 2.75) is 30.5 Å². The van der Waals surface area contributed by atoms with Crippen LogP contribution >= 0.6 is 34.8 Å². The van der Waals surface area contributed by atoms with Crippen molar-refractivity contribution in [2.75, 3.05) is 13.2 Å². The Labute approximate surface area is 126 Å². The average Bonchev–Trinajstić information content (AvgIpc) is 2.32. The van der Waals surface area contributed by atoms with Gasteiger partial charge in [-0.2, -0.15) is 0 Å². The fraction of sp³-hybridized carbons (Fsp3) is 0.636. The third-order valence-electron chi connectivity index (χ3n) is 1.86. The van der Waals surface area contributed by atoms with Crippen LogP contribution in [0.25, 0.3) is 0 Å². The van der Waals surface area contributed by atoms with Crippen molar-refractivity contribution in [1.29, 1.82) is 0 Å². The highest BCUT2D eigenvalue weighted by Crippen LogP contribution is 2.33. The van der Waals surface area contributed by atoms with Gasteiger partial charge in [0.15, 0.2) is 5.57 Å². The van der Waals surface area contributed by atoms with Crippen LogP contribution in [0.4, 0.5) is 0 Å². The van der Waals surface area contributed by atoms with Crippen molar-refractivity contribution >= 4 is 46.7 Å². The Morgan fingerprint density at radius 1 is 1.00 bits per heavy atom. The number of carbonyl (C=O) groups is 2. The van der Waals surface area contributed by atoms with Crippen LogP contribution in [-0.4, -0.2) is 28.9 Å². The maximum Gasteiger partial charge on any atom is 0.347 e. The lowest BCUT2D eigenvalue weighted by Gasteiger charge is -2.16. The quantitative estimate of drug-likeness (QED) is 0.266. The molecule has 2 N–H and O–H groups in total. The molecular weight excluding hydrogens is 316 g/mol. The standard InChI is InChI=1S/C11H16Cl3NO4/c1-3-5-18-9(16)7(8(15)11(12,13)14)10(17)19-6-4-2/h3-6,15H2,1-2H3. The third-order valence-corrected chi connectivity index (χ3v) is 2.47. The Morgan fingerprint density at radius 3 is 1.63 bits per heavy atom. The van der Waals surface area contributed by atoms with Gasteiger partial charge < -0.3 is 15.2 Å². The number of halogens is 3. The maximum atomic E-state index is 11.8. The molecule has 0 spiro atoms. The summed E-state index contributed by atoms with van der Waals surface area (Å²) >= 11 is 16.7. The Morgan fingerprint density at radius 2 is 1.37 bits per heavy atom. The summed E-state index contributed by atoms with van der Waals surface area (Å²) in [6.45, 7) is 3.84. The maximum absolute atomic E-state index is 11.8. The Bertz CT molecular complexity index is 341. The normalized spacial score (nSPS) is 10.8. The van der Waals surface area contributed by atoms with Gasteiger partial charge in [-0.15, -0.1) is 0 Å². The molecule has 0 saturated carbocycles. The Kier molecular flexibility index (Phi) is 8.22. The molecule has 0 unspecified atom stereocenters. The number of hydrogen-bond donors (Lipinski definition) is 1. The zero-order valence-corrected chi connectivity index (χ0v) is 12.9. The summed E-state index contributed by atoms with van der Waals surface area (Å²) in [6.07, 6.45) is 1.16. The average molecular weight is 333 g/mol. The molecule has 0 rings (SSSR count). The highest BCUT2D eigenvalue weighted by Gasteiger charge is 2.35. The van der Waals surface area contributed by atoms with E-state index in [-0.39, 0.29) is 13.2 Å². The van der Waals surface area contributed by atoms with Crippen molar-refractivity contribution < 1.29 is 19.1 Å². The van der Waals surface area contributed by atoms with Crippen LogP contribution in [0.15, 0.2) is 11.3 Å². The van der Waals surface area contributed by atoms with Gasteiger partial charge in [0.25, 0.3) is 0 Å². The van der Waals surface area contributed by atoms with Gasteiger partial charge in [-0.05, 0) is 12.8 Å². The first-order chi connectivity index (χ1) is 8.75. The second kappa shape index (κ2) is 8.51. The van der Waals surface area contributed by atoms with Gasteiger partial charge >= 0.3 is 11.9 Å². The van der Waals surface area contributed by atoms with Gasteiger partial charge in [0.1, 0.15) is 0 Å². The number of alkyl halides is 3. The lowest BCUT2D eigenvalue weighted by atomic mass is 10.2. The van der Waals surface area contributed by atoms with E-state index in [0.29, 0.717) is 12.8 Å². The first-order valence-electron chi connectivity index (χ1n) is 5.66. The predicted molar refractivity (Wildman–Crippen MR) is 74.0 cm³/mol. The minimum absolute atomic E-state index is 0.122. The molecule has 0 atom stereocenters. The summed E-state index contributed by atoms with van der Waals surface area (Å²) in [5, 5.41) is 0. The van der Waals surface area contributed by atoms with E-state index in [4.69, 9.17) is 50.0 Å². The minimum Gasteiger partial charge on any atom is -0.462 e. The first kappa shape index (κ1) is 18.4. The minimum atomic E-state index is -2.09. The molecule has 0 radical (unpaired) electrons. The second-order valence-corrected chi connectivity index (χ2v) is 5.84. The van der Waals surface area contributed by atoms with E-state index in [2.05, 4.69) is 0 Å². The zero-order valence-electron chi connectivity index (χ0n) is 10.7. The van der Waals surface area contributed by atoms with Crippen molar-refractivity contribution in [3.63, 3.8) is 0 Å². The molecule has 19 heavy (non-hydrogen) atoms. The van der Waals surface area contributed by atoms with Crippen molar-refractivity contribution in [3.05, 3.63) is 11.3 Å². The first-order valence-corrected chi connectivity index (χ1v) is 6.80. The van der Waals surface area contributed by atoms with Crippen molar-refractivity contribution in [1.82, 2.24) is 0 Å². The Hall–Kier alpha value is -0.650. The topological polar surface area (TPSA) is 78.6 Å². The van der Waals surface area contributed by atoms with Crippen molar-refractivity contribution in [3.8, 4) is 0 Å². The molecule has 0 fully saturated rings. The fourth-order valence-corrected chi connectivity index (χ4v) is 1.26. The van der Waals surface area contributed by atoms with Crippen LogP contribution in [0.1, 0.15) is 26.7 Å². The number of rotatable bonds is 6. The third kappa shape index (κ3) is 6.36. The zero-order chi connectivity index (χ0) is 15.1. The van der Waals surface area contributed by atoms with Crippen LogP contribution < -0.4 is 5.73 Å². The molecule has 8 heteroatoms. The monoisotopic (exact) mass is 331 g/mol. The van der Waals surface area contributed by atoms with Crippen LogP contribution in [-0.2, 0) is 19.1 Å². The highest BCUT2D eigenvalue weighted by atomic mass is 35.6. The van der Waals surface area contributed by atoms with E-state index in [9.17, 15) is 9.59 Å². The predicted octanol–water partition coefficient (Wildman–Crippen LogP) is 2.48. The molecule has 0 aromatic carbocycles. The van der Waals surface area contributed by atoms with Crippen LogP contribution in [0.3, 0.4) is 0 Å². The number of hydrogen-bond acceptors (Lipinski definition) is 5. The molecule has 0 bridgehead atoms. The largest absolute Gasteiger partial charge is 0.462 e. The summed E-state index contributed by atoms with van der Waals surface area (Å²) in [4.78, 5) is 23.5. The smallest absolute Gasteiger partial charge is 0.347 e. The molecular formula is C11H16Cl3NO4. The molecule has 0 aliphatic heterocycles. The molecule has 0 aromatic heterocycles. The number of allylic oxidation sites excluding steroid dienone is 1. The van der Waals surface area contributed by atoms with Gasteiger partial charge in [-0.1, -0.05) is 48.7 Å². The summed E-state index contributed by atoms with van der Waals surface area (Å²) < 4.78 is 7.54. The van der Waals surface area contributed by atoms with Gasteiger partial charge in [-0.25, -0.2) is 9.59 Å². The van der Waals surface area contributed by atoms with E-state index in [1.54, 1.807) is 13.8 Å². The molecule has 0 aliphatic carbocycles. The summed E-state index contributed by atoms with van der Waals surface area (Å²) in [6, 6.07) is 0. The molecule has 0 heterocycles. The van der Waals surface area contributed by atoms with E-state index in [1.807, 2.05) is 0 Å². The lowest BCUT2D eigenvalue weighted by Crippen LogP contribution is -2.29. The molecule has 0 aromatic rings. The Balaban J connectivity index is 5.26. The SMILES string of the molecule is CCCOC(=O)C(C(=O)OCCC)=C(N)C(Cl)(Cl)Cl. The second-order valence-electron chi connectivity index (χ2n) is 3.56. The van der Waals surface area contributed by atoms with Gasteiger partial charge in [0.05, 0.1) is 18.9 Å². The van der Waals surface area contributed by atoms with Gasteiger partial charge in [-0.3, -0.25) is 0 Å². The van der Waals surface area contributed by atoms with E-state index >= 15 is 0 Å². The fourth-order valence-electron chi connectivity index (χ4n) is 0.979. The van der Waals surface area contributed by atoms with E-state index < -0.39 is 27.0 Å². The molecule has 0 amide bonds. The summed E-state index contributed by atoms with van der Waals surface area (Å²) in [7, 11) is 0. The number of ether oxygens (including phenoxy) is 2. The van der Waals surface area contributed by atoms with Gasteiger partial charge in [0.2, 0.25) is 3.79 Å². The lowest BCUT2D eigenvalue weighted by molar-refractivity contribution is -0.147. The van der Waals surface area contributed by atoms with E-state index in [0.717, 1.165) is 0 Å². The number of nitrogens with two attached hydrogens (primary N) is 1. The summed E-state index contributed by atoms with van der Waals surface area (Å²) in [5.74, 6) is -1.93. The van der Waals surface area contributed by atoms with Crippen molar-refractivity contribution in [2.24, 2.45) is 5.73 Å². The van der Waals surface area contributed by atoms with Crippen LogP contribution in [0, 0.1) is 0 Å².